The SMILES string of the molecule is CCOC(=O)Cn1c(=O)c(O)c2c3c(c(OC)c(OC)cc31)N=C(Cl)C2=Nc1ccc(OC)c(OC)c1. The predicted molar refractivity (Wildman–Crippen MR) is 138 cm³/mol. The lowest BCUT2D eigenvalue weighted by Crippen LogP contribution is -2.29. The zero-order valence-corrected chi connectivity index (χ0v) is 21.5. The van der Waals surface area contributed by atoms with Gasteiger partial charge in [-0.25, -0.2) is 9.98 Å². The Hall–Kier alpha value is -4.25. The van der Waals surface area contributed by atoms with E-state index in [4.69, 9.17) is 35.3 Å². The zero-order valence-electron chi connectivity index (χ0n) is 20.7. The van der Waals surface area contributed by atoms with E-state index in [-0.39, 0.29) is 45.8 Å². The fourth-order valence-corrected chi connectivity index (χ4v) is 4.32. The van der Waals surface area contributed by atoms with Crippen LogP contribution in [0.2, 0.25) is 0 Å². The lowest BCUT2D eigenvalue weighted by atomic mass is 9.98. The molecule has 1 aliphatic rings. The molecule has 1 N–H and O–H groups in total. The normalized spacial score (nSPS) is 13.4. The summed E-state index contributed by atoms with van der Waals surface area (Å²) >= 11 is 6.56. The van der Waals surface area contributed by atoms with Crippen LogP contribution in [0.1, 0.15) is 12.5 Å². The summed E-state index contributed by atoms with van der Waals surface area (Å²) in [7, 11) is 5.83. The van der Waals surface area contributed by atoms with Gasteiger partial charge in [-0.1, -0.05) is 11.6 Å². The second kappa shape index (κ2) is 10.4. The first-order chi connectivity index (χ1) is 17.8. The van der Waals surface area contributed by atoms with Gasteiger partial charge in [-0.3, -0.25) is 14.2 Å². The van der Waals surface area contributed by atoms with Crippen LogP contribution in [-0.2, 0) is 16.1 Å². The Labute approximate surface area is 216 Å². The molecule has 0 saturated carbocycles. The monoisotopic (exact) mass is 529 g/mol. The minimum Gasteiger partial charge on any atom is -0.503 e. The fourth-order valence-electron chi connectivity index (χ4n) is 4.09. The van der Waals surface area contributed by atoms with Crippen LogP contribution in [0.3, 0.4) is 0 Å². The Morgan fingerprint density at radius 3 is 2.38 bits per heavy atom. The van der Waals surface area contributed by atoms with Gasteiger partial charge < -0.3 is 28.8 Å². The number of esters is 1. The highest BCUT2D eigenvalue weighted by atomic mass is 35.5. The van der Waals surface area contributed by atoms with E-state index in [1.165, 1.54) is 34.5 Å². The average Bonchev–Trinajstić information content (AvgIpc) is 2.90. The number of rotatable bonds is 8. The van der Waals surface area contributed by atoms with Gasteiger partial charge in [0.25, 0.3) is 5.56 Å². The summed E-state index contributed by atoms with van der Waals surface area (Å²) in [5, 5.41) is 11.3. The topological polar surface area (TPSA) is 130 Å². The molecule has 0 amide bonds. The minimum atomic E-state index is -0.847. The molecule has 0 bridgehead atoms. The van der Waals surface area contributed by atoms with Gasteiger partial charge in [0.15, 0.2) is 33.9 Å². The van der Waals surface area contributed by atoms with Crippen molar-refractivity contribution >= 4 is 50.7 Å². The quantitative estimate of drug-likeness (QED) is 0.437. The van der Waals surface area contributed by atoms with E-state index in [9.17, 15) is 14.7 Å². The minimum absolute atomic E-state index is 0.0332. The van der Waals surface area contributed by atoms with Crippen molar-refractivity contribution < 1.29 is 33.6 Å². The van der Waals surface area contributed by atoms with Gasteiger partial charge in [-0.2, -0.15) is 0 Å². The van der Waals surface area contributed by atoms with Crippen LogP contribution < -0.4 is 24.5 Å². The Morgan fingerprint density at radius 2 is 1.76 bits per heavy atom. The number of methoxy groups -OCH3 is 4. The smallest absolute Gasteiger partial charge is 0.326 e. The lowest BCUT2D eigenvalue weighted by molar-refractivity contribution is -0.143. The molecule has 0 unspecified atom stereocenters. The number of aromatic nitrogens is 1. The van der Waals surface area contributed by atoms with Crippen LogP contribution >= 0.6 is 11.6 Å². The highest BCUT2D eigenvalue weighted by Gasteiger charge is 2.32. The summed E-state index contributed by atoms with van der Waals surface area (Å²) in [5.74, 6) is 0.0419. The van der Waals surface area contributed by atoms with E-state index in [1.54, 1.807) is 25.1 Å². The van der Waals surface area contributed by atoms with Gasteiger partial charge in [0.1, 0.15) is 17.9 Å². The molecular formula is C25H24ClN3O8. The summed E-state index contributed by atoms with van der Waals surface area (Å²) in [6, 6.07) is 6.43. The van der Waals surface area contributed by atoms with Crippen molar-refractivity contribution in [2.45, 2.75) is 13.5 Å². The maximum absolute atomic E-state index is 13.3. The summed E-state index contributed by atoms with van der Waals surface area (Å²) in [6.07, 6.45) is 0. The van der Waals surface area contributed by atoms with Crippen LogP contribution in [0.15, 0.2) is 39.0 Å². The Balaban J connectivity index is 2.08. The van der Waals surface area contributed by atoms with Crippen molar-refractivity contribution in [3.05, 3.63) is 40.2 Å². The summed E-state index contributed by atoms with van der Waals surface area (Å²) in [5.41, 5.74) is 0.0677. The van der Waals surface area contributed by atoms with E-state index in [0.717, 1.165) is 4.57 Å². The number of benzene rings is 2. The second-order valence-electron chi connectivity index (χ2n) is 7.68. The number of carbonyl (C=O) groups excluding carboxylic acids is 1. The molecule has 2 heterocycles. The number of aromatic hydroxyl groups is 1. The van der Waals surface area contributed by atoms with Crippen molar-refractivity contribution in [3.8, 4) is 28.7 Å². The molecule has 1 aliphatic heterocycles. The molecule has 0 atom stereocenters. The third-order valence-electron chi connectivity index (χ3n) is 5.69. The molecule has 1 aromatic heterocycles. The molecule has 3 aromatic rings. The maximum atomic E-state index is 13.3. The van der Waals surface area contributed by atoms with Crippen LogP contribution in [0.25, 0.3) is 10.9 Å². The lowest BCUT2D eigenvalue weighted by Gasteiger charge is -2.23. The van der Waals surface area contributed by atoms with Gasteiger partial charge in [-0.15, -0.1) is 0 Å². The summed E-state index contributed by atoms with van der Waals surface area (Å²) in [4.78, 5) is 34.7. The third-order valence-corrected chi connectivity index (χ3v) is 5.96. The van der Waals surface area contributed by atoms with E-state index in [2.05, 4.69) is 9.98 Å². The third kappa shape index (κ3) is 4.42. The molecule has 0 fully saturated rings. The zero-order chi connectivity index (χ0) is 26.9. The number of aliphatic imine (C=N–C) groups is 2. The van der Waals surface area contributed by atoms with E-state index in [1.807, 2.05) is 0 Å². The number of carbonyl (C=O) groups is 1. The first kappa shape index (κ1) is 25.8. The Bertz CT molecular complexity index is 1530. The molecule has 4 rings (SSSR count). The van der Waals surface area contributed by atoms with Crippen molar-refractivity contribution in [3.63, 3.8) is 0 Å². The van der Waals surface area contributed by atoms with Gasteiger partial charge in [0.2, 0.25) is 0 Å². The van der Waals surface area contributed by atoms with Gasteiger partial charge in [-0.05, 0) is 19.1 Å². The van der Waals surface area contributed by atoms with Gasteiger partial charge in [0.05, 0.1) is 51.8 Å². The van der Waals surface area contributed by atoms with Crippen molar-refractivity contribution in [1.29, 1.82) is 0 Å². The Morgan fingerprint density at radius 1 is 1.05 bits per heavy atom. The predicted octanol–water partition coefficient (Wildman–Crippen LogP) is 3.71. The number of hydrogen-bond donors (Lipinski definition) is 1. The first-order valence-electron chi connectivity index (χ1n) is 11.0. The van der Waals surface area contributed by atoms with E-state index < -0.39 is 23.8 Å². The first-order valence-corrected chi connectivity index (χ1v) is 11.4. The van der Waals surface area contributed by atoms with Crippen molar-refractivity contribution in [2.24, 2.45) is 9.98 Å². The molecule has 0 aliphatic carbocycles. The van der Waals surface area contributed by atoms with Gasteiger partial charge in [0, 0.05) is 17.5 Å². The summed E-state index contributed by atoms with van der Waals surface area (Å²) < 4.78 is 27.7. The highest BCUT2D eigenvalue weighted by molar-refractivity contribution is 6.87. The number of ether oxygens (including phenoxy) is 5. The van der Waals surface area contributed by atoms with Crippen molar-refractivity contribution in [1.82, 2.24) is 4.57 Å². The Kier molecular flexibility index (Phi) is 7.25. The van der Waals surface area contributed by atoms with E-state index >= 15 is 0 Å². The molecule has 194 valence electrons. The molecule has 11 nitrogen and oxygen atoms in total. The fraction of sp³-hybridized carbons (Fsp3) is 0.280. The number of hydrogen-bond acceptors (Lipinski definition) is 10. The molecule has 0 saturated heterocycles. The largest absolute Gasteiger partial charge is 0.503 e. The summed E-state index contributed by atoms with van der Waals surface area (Å²) in [6.45, 7) is 1.32. The number of nitrogens with zero attached hydrogens (tertiary/aromatic N) is 3. The molecule has 0 spiro atoms. The van der Waals surface area contributed by atoms with Gasteiger partial charge >= 0.3 is 5.97 Å². The molecule has 0 radical (unpaired) electrons. The van der Waals surface area contributed by atoms with Crippen LogP contribution in [0, 0.1) is 0 Å². The molecule has 2 aromatic carbocycles. The van der Waals surface area contributed by atoms with E-state index in [0.29, 0.717) is 22.6 Å². The van der Waals surface area contributed by atoms with Crippen molar-refractivity contribution in [2.75, 3.05) is 35.0 Å². The van der Waals surface area contributed by atoms with Crippen LogP contribution in [-0.4, -0.2) is 61.6 Å². The number of pyridine rings is 1. The standard InChI is InChI=1S/C25H24ClN3O8/c1-6-37-17(30)11-29-13-10-16(35-4)23(36-5)20-18(13)19(22(31)25(29)32)21(24(26)28-20)27-12-7-8-14(33-2)15(9-12)34-3/h7-10,31H,6,11H2,1-5H3. The molecular weight excluding hydrogens is 506 g/mol. The maximum Gasteiger partial charge on any atom is 0.326 e. The number of halogens is 1. The molecule has 12 heteroatoms. The average molecular weight is 530 g/mol. The molecule has 37 heavy (non-hydrogen) atoms. The van der Waals surface area contributed by atoms with Crippen LogP contribution in [0.4, 0.5) is 11.4 Å². The second-order valence-corrected chi connectivity index (χ2v) is 8.04. The van der Waals surface area contributed by atoms with Crippen LogP contribution in [0.5, 0.6) is 28.7 Å². The highest BCUT2D eigenvalue weighted by Crippen LogP contribution is 2.48.